The van der Waals surface area contributed by atoms with Gasteiger partial charge in [-0.1, -0.05) is 0 Å². The molecule has 3 rings (SSSR count). The summed E-state index contributed by atoms with van der Waals surface area (Å²) < 4.78 is 33.8. The molecular weight excluding hydrogens is 356 g/mol. The quantitative estimate of drug-likeness (QED) is 0.788. The van der Waals surface area contributed by atoms with Crippen molar-refractivity contribution in [3.8, 4) is 11.5 Å². The van der Waals surface area contributed by atoms with E-state index >= 15 is 0 Å². The Hall–Kier alpha value is -2.55. The molecule has 140 valence electrons. The van der Waals surface area contributed by atoms with E-state index in [1.165, 1.54) is 0 Å². The van der Waals surface area contributed by atoms with Crippen molar-refractivity contribution in [2.75, 3.05) is 36.4 Å². The van der Waals surface area contributed by atoms with Gasteiger partial charge in [0.15, 0.2) is 9.84 Å². The van der Waals surface area contributed by atoms with Crippen molar-refractivity contribution in [3.05, 3.63) is 30.0 Å². The van der Waals surface area contributed by atoms with Crippen molar-refractivity contribution in [2.24, 2.45) is 0 Å². The second-order valence-electron chi connectivity index (χ2n) is 6.15. The molecule has 2 aromatic rings. The normalized spacial score (nSPS) is 18.3. The van der Waals surface area contributed by atoms with Crippen LogP contribution in [0.4, 0.5) is 17.5 Å². The van der Waals surface area contributed by atoms with Gasteiger partial charge in [-0.3, -0.25) is 0 Å². The van der Waals surface area contributed by atoms with E-state index in [0.717, 1.165) is 5.69 Å². The predicted molar refractivity (Wildman–Crippen MR) is 100 cm³/mol. The topological polar surface area (TPSA) is 102 Å². The van der Waals surface area contributed by atoms with Crippen molar-refractivity contribution in [2.45, 2.75) is 19.4 Å². The number of nitrogens with zero attached hydrogens (tertiary/aromatic N) is 2. The maximum atomic E-state index is 11.6. The Morgan fingerprint density at radius 3 is 2.62 bits per heavy atom. The lowest BCUT2D eigenvalue weighted by Gasteiger charge is -2.15. The highest BCUT2D eigenvalue weighted by Crippen LogP contribution is 2.31. The van der Waals surface area contributed by atoms with Crippen molar-refractivity contribution in [1.29, 1.82) is 0 Å². The van der Waals surface area contributed by atoms with Gasteiger partial charge < -0.3 is 20.1 Å². The Bertz CT molecular complexity index is 902. The van der Waals surface area contributed by atoms with Crippen LogP contribution < -0.4 is 20.1 Å². The van der Waals surface area contributed by atoms with Crippen LogP contribution in [0.2, 0.25) is 0 Å². The van der Waals surface area contributed by atoms with E-state index < -0.39 is 9.84 Å². The smallest absolute Gasteiger partial charge is 0.229 e. The lowest BCUT2D eigenvalue weighted by atomic mass is 10.2. The SMILES string of the molecule is COc1ccc(OC)c(Nc2nc(C)cc(NC3CCS(=O)(=O)C3)n2)c1. The number of nitrogens with one attached hydrogen (secondary N) is 2. The molecule has 1 aliphatic heterocycles. The zero-order valence-electron chi connectivity index (χ0n) is 14.9. The van der Waals surface area contributed by atoms with Crippen molar-refractivity contribution in [3.63, 3.8) is 0 Å². The zero-order valence-corrected chi connectivity index (χ0v) is 15.8. The molecule has 8 nitrogen and oxygen atoms in total. The molecule has 0 bridgehead atoms. The average molecular weight is 378 g/mol. The molecule has 0 amide bonds. The Balaban J connectivity index is 1.82. The Morgan fingerprint density at radius 1 is 1.15 bits per heavy atom. The van der Waals surface area contributed by atoms with Crippen LogP contribution in [0.3, 0.4) is 0 Å². The molecule has 0 aliphatic carbocycles. The van der Waals surface area contributed by atoms with E-state index in [4.69, 9.17) is 9.47 Å². The molecule has 1 saturated heterocycles. The van der Waals surface area contributed by atoms with Crippen LogP contribution in [-0.4, -0.2) is 50.2 Å². The number of aryl methyl sites for hydroxylation is 1. The van der Waals surface area contributed by atoms with E-state index in [2.05, 4.69) is 20.6 Å². The maximum Gasteiger partial charge on any atom is 0.229 e. The molecule has 0 radical (unpaired) electrons. The minimum absolute atomic E-state index is 0.127. The van der Waals surface area contributed by atoms with Crippen LogP contribution in [0, 0.1) is 6.92 Å². The van der Waals surface area contributed by atoms with Gasteiger partial charge in [0, 0.05) is 23.9 Å². The molecule has 1 aromatic carbocycles. The second-order valence-corrected chi connectivity index (χ2v) is 8.38. The van der Waals surface area contributed by atoms with Gasteiger partial charge in [0.1, 0.15) is 17.3 Å². The van der Waals surface area contributed by atoms with Crippen molar-refractivity contribution >= 4 is 27.3 Å². The van der Waals surface area contributed by atoms with E-state index in [1.807, 2.05) is 6.92 Å². The standard InChI is InChI=1S/C17H22N4O4S/c1-11-8-16(19-12-6-7-26(22,23)10-12)21-17(18-11)20-14-9-13(24-2)4-5-15(14)25-3/h4-5,8-9,12H,6-7,10H2,1-3H3,(H2,18,19,20,21). The van der Waals surface area contributed by atoms with Gasteiger partial charge >= 0.3 is 0 Å². The lowest BCUT2D eigenvalue weighted by molar-refractivity contribution is 0.405. The number of rotatable bonds is 6. The number of ether oxygens (including phenoxy) is 2. The summed E-state index contributed by atoms with van der Waals surface area (Å²) in [7, 11) is 0.218. The summed E-state index contributed by atoms with van der Waals surface area (Å²) in [6.45, 7) is 1.85. The predicted octanol–water partition coefficient (Wildman–Crippen LogP) is 2.14. The fraction of sp³-hybridized carbons (Fsp3) is 0.412. The van der Waals surface area contributed by atoms with Gasteiger partial charge in [0.25, 0.3) is 0 Å². The van der Waals surface area contributed by atoms with Gasteiger partial charge in [-0.15, -0.1) is 0 Å². The highest BCUT2D eigenvalue weighted by atomic mass is 32.2. The van der Waals surface area contributed by atoms with Crippen molar-refractivity contribution in [1.82, 2.24) is 9.97 Å². The fourth-order valence-electron chi connectivity index (χ4n) is 2.85. The highest BCUT2D eigenvalue weighted by molar-refractivity contribution is 7.91. The number of aromatic nitrogens is 2. The fourth-order valence-corrected chi connectivity index (χ4v) is 4.52. The summed E-state index contributed by atoms with van der Waals surface area (Å²) in [5, 5.41) is 6.32. The summed E-state index contributed by atoms with van der Waals surface area (Å²) in [5.74, 6) is 2.62. The number of methoxy groups -OCH3 is 2. The third-order valence-electron chi connectivity index (χ3n) is 4.09. The first-order valence-electron chi connectivity index (χ1n) is 8.20. The average Bonchev–Trinajstić information content (AvgIpc) is 2.92. The Morgan fingerprint density at radius 2 is 1.96 bits per heavy atom. The van der Waals surface area contributed by atoms with Gasteiger partial charge in [-0.2, -0.15) is 4.98 Å². The molecule has 9 heteroatoms. The van der Waals surface area contributed by atoms with Crippen LogP contribution in [0.15, 0.2) is 24.3 Å². The lowest BCUT2D eigenvalue weighted by Crippen LogP contribution is -2.21. The summed E-state index contributed by atoms with van der Waals surface area (Å²) in [6.07, 6.45) is 0.581. The summed E-state index contributed by atoms with van der Waals surface area (Å²) in [5.41, 5.74) is 1.43. The Labute approximate surface area is 152 Å². The molecule has 1 atom stereocenters. The number of anilines is 3. The molecule has 0 saturated carbocycles. The number of hydrogen-bond acceptors (Lipinski definition) is 8. The molecule has 1 fully saturated rings. The minimum Gasteiger partial charge on any atom is -0.497 e. The van der Waals surface area contributed by atoms with Gasteiger partial charge in [-0.05, 0) is 25.5 Å². The first-order chi connectivity index (χ1) is 12.4. The van der Waals surface area contributed by atoms with E-state index in [-0.39, 0.29) is 17.5 Å². The molecular formula is C17H22N4O4S. The second kappa shape index (κ2) is 7.36. The third-order valence-corrected chi connectivity index (χ3v) is 5.86. The summed E-state index contributed by atoms with van der Waals surface area (Å²) in [6, 6.07) is 7.04. The van der Waals surface area contributed by atoms with Crippen molar-refractivity contribution < 1.29 is 17.9 Å². The first-order valence-corrected chi connectivity index (χ1v) is 10.0. The van der Waals surface area contributed by atoms with Gasteiger partial charge in [0.05, 0.1) is 31.4 Å². The first kappa shape index (κ1) is 18.2. The maximum absolute atomic E-state index is 11.6. The highest BCUT2D eigenvalue weighted by Gasteiger charge is 2.28. The zero-order chi connectivity index (χ0) is 18.7. The summed E-state index contributed by atoms with van der Waals surface area (Å²) in [4.78, 5) is 8.83. The number of benzene rings is 1. The molecule has 1 unspecified atom stereocenters. The van der Waals surface area contributed by atoms with Crippen LogP contribution >= 0.6 is 0 Å². The molecule has 1 aliphatic rings. The molecule has 2 N–H and O–H groups in total. The molecule has 0 spiro atoms. The summed E-state index contributed by atoms with van der Waals surface area (Å²) >= 11 is 0. The number of hydrogen-bond donors (Lipinski definition) is 2. The van der Waals surface area contributed by atoms with Crippen LogP contribution in [0.1, 0.15) is 12.1 Å². The molecule has 26 heavy (non-hydrogen) atoms. The van der Waals surface area contributed by atoms with Gasteiger partial charge in [-0.25, -0.2) is 13.4 Å². The third kappa shape index (κ3) is 4.34. The monoisotopic (exact) mass is 378 g/mol. The van der Waals surface area contributed by atoms with E-state index in [0.29, 0.717) is 35.4 Å². The van der Waals surface area contributed by atoms with Crippen LogP contribution in [0.25, 0.3) is 0 Å². The van der Waals surface area contributed by atoms with E-state index in [1.54, 1.807) is 38.5 Å². The minimum atomic E-state index is -2.95. The largest absolute Gasteiger partial charge is 0.497 e. The Kier molecular flexibility index (Phi) is 5.17. The van der Waals surface area contributed by atoms with E-state index in [9.17, 15) is 8.42 Å². The molecule has 2 heterocycles. The van der Waals surface area contributed by atoms with Crippen LogP contribution in [0.5, 0.6) is 11.5 Å². The van der Waals surface area contributed by atoms with Gasteiger partial charge in [0.2, 0.25) is 5.95 Å². The van der Waals surface area contributed by atoms with Crippen LogP contribution in [-0.2, 0) is 9.84 Å². The molecule has 1 aromatic heterocycles. The number of sulfone groups is 1.